The predicted octanol–water partition coefficient (Wildman–Crippen LogP) is 10.8. The lowest BCUT2D eigenvalue weighted by Gasteiger charge is -2.13. The normalized spacial score (nSPS) is 11.0. The number of hydrogen-bond donors (Lipinski definition) is 2. The van der Waals surface area contributed by atoms with Gasteiger partial charge in [0.2, 0.25) is 0 Å². The minimum atomic E-state index is -0.464. The molecule has 6 nitrogen and oxygen atoms in total. The molecule has 6 heteroatoms. The Balaban J connectivity index is 1.79. The average Bonchev–Trinajstić information content (AvgIpc) is 3.01. The van der Waals surface area contributed by atoms with Crippen molar-refractivity contribution in [3.63, 3.8) is 0 Å². The number of carbonyl (C=O) groups excluding carboxylic acids is 1. The van der Waals surface area contributed by atoms with E-state index in [2.05, 4.69) is 13.8 Å². The lowest BCUT2D eigenvalue weighted by Crippen LogP contribution is -2.07. The summed E-state index contributed by atoms with van der Waals surface area (Å²) in [6.45, 7) is 5.97. The van der Waals surface area contributed by atoms with Crippen LogP contribution in [-0.2, 0) is 11.3 Å². The molecule has 0 aliphatic carbocycles. The number of anilines is 2. The third-order valence-corrected chi connectivity index (χ3v) is 8.06. The van der Waals surface area contributed by atoms with E-state index in [0.717, 1.165) is 29.9 Å². The maximum absolute atomic E-state index is 12.7. The van der Waals surface area contributed by atoms with E-state index in [4.69, 9.17) is 25.7 Å². The van der Waals surface area contributed by atoms with Crippen molar-refractivity contribution in [3.05, 3.63) is 47.5 Å². The number of benzene rings is 2. The van der Waals surface area contributed by atoms with Gasteiger partial charge in [0.1, 0.15) is 18.1 Å². The van der Waals surface area contributed by atoms with E-state index in [1.54, 1.807) is 18.2 Å². The smallest absolute Gasteiger partial charge is 0.338 e. The molecular weight excluding hydrogens is 548 g/mol. The third kappa shape index (κ3) is 18.0. The highest BCUT2D eigenvalue weighted by molar-refractivity contribution is 5.91. The van der Waals surface area contributed by atoms with Crippen molar-refractivity contribution in [2.45, 2.75) is 149 Å². The molecule has 0 aliphatic heterocycles. The summed E-state index contributed by atoms with van der Waals surface area (Å²) in [7, 11) is 0. The molecule has 0 aliphatic rings. The zero-order valence-corrected chi connectivity index (χ0v) is 28.0. The SMILES string of the molecule is CCCCCCCCCCCCOc1cc(COC(=O)c2cc(N)cc(N)c2)cc(OCCCCCCCCCCCC)c1. The second-order valence-electron chi connectivity index (χ2n) is 12.3. The summed E-state index contributed by atoms with van der Waals surface area (Å²) in [5, 5.41) is 0. The summed E-state index contributed by atoms with van der Waals surface area (Å²) >= 11 is 0. The third-order valence-electron chi connectivity index (χ3n) is 8.06. The number of nitrogen functional groups attached to an aromatic ring is 2. The topological polar surface area (TPSA) is 96.8 Å². The van der Waals surface area contributed by atoms with Crippen LogP contribution in [0.25, 0.3) is 0 Å². The number of rotatable bonds is 27. The van der Waals surface area contributed by atoms with E-state index < -0.39 is 5.97 Å². The lowest BCUT2D eigenvalue weighted by atomic mass is 10.1. The van der Waals surface area contributed by atoms with Gasteiger partial charge in [-0.25, -0.2) is 4.79 Å². The molecule has 248 valence electrons. The van der Waals surface area contributed by atoms with Gasteiger partial charge in [-0.1, -0.05) is 129 Å². The molecule has 44 heavy (non-hydrogen) atoms. The molecule has 0 atom stereocenters. The van der Waals surface area contributed by atoms with Gasteiger partial charge in [-0.15, -0.1) is 0 Å². The molecule has 2 aromatic carbocycles. The van der Waals surface area contributed by atoms with Gasteiger partial charge in [-0.05, 0) is 48.7 Å². The molecular formula is C38H62N2O4. The highest BCUT2D eigenvalue weighted by Gasteiger charge is 2.11. The van der Waals surface area contributed by atoms with Crippen LogP contribution in [0.4, 0.5) is 11.4 Å². The van der Waals surface area contributed by atoms with Crippen molar-refractivity contribution in [1.82, 2.24) is 0 Å². The molecule has 0 spiro atoms. The van der Waals surface area contributed by atoms with Crippen molar-refractivity contribution < 1.29 is 19.0 Å². The second-order valence-corrected chi connectivity index (χ2v) is 12.3. The molecule has 2 aromatic rings. The van der Waals surface area contributed by atoms with Crippen molar-refractivity contribution in [3.8, 4) is 11.5 Å². The molecule has 0 saturated carbocycles. The van der Waals surface area contributed by atoms with Gasteiger partial charge in [0.05, 0.1) is 18.8 Å². The average molecular weight is 611 g/mol. The van der Waals surface area contributed by atoms with Crippen LogP contribution in [0.2, 0.25) is 0 Å². The van der Waals surface area contributed by atoms with Crippen LogP contribution >= 0.6 is 0 Å². The first-order chi connectivity index (χ1) is 21.5. The van der Waals surface area contributed by atoms with Crippen LogP contribution in [0.1, 0.15) is 158 Å². The molecule has 0 bridgehead atoms. The first kappa shape index (κ1) is 37.3. The highest BCUT2D eigenvalue weighted by Crippen LogP contribution is 2.25. The molecule has 4 N–H and O–H groups in total. The Morgan fingerprint density at radius 1 is 0.523 bits per heavy atom. The number of carbonyl (C=O) groups is 1. The largest absolute Gasteiger partial charge is 0.493 e. The Morgan fingerprint density at radius 2 is 0.909 bits per heavy atom. The first-order valence-electron chi connectivity index (χ1n) is 17.7. The molecule has 0 saturated heterocycles. The molecule has 0 aromatic heterocycles. The zero-order chi connectivity index (χ0) is 31.7. The van der Waals surface area contributed by atoms with Gasteiger partial charge in [0.25, 0.3) is 0 Å². The molecule has 0 unspecified atom stereocenters. The van der Waals surface area contributed by atoms with Gasteiger partial charge in [0.15, 0.2) is 0 Å². The maximum Gasteiger partial charge on any atom is 0.338 e. The summed E-state index contributed by atoms with van der Waals surface area (Å²) < 4.78 is 17.9. The minimum absolute atomic E-state index is 0.109. The van der Waals surface area contributed by atoms with Gasteiger partial charge in [-0.2, -0.15) is 0 Å². The van der Waals surface area contributed by atoms with Crippen LogP contribution in [0, 0.1) is 0 Å². The quantitative estimate of drug-likeness (QED) is 0.0593. The van der Waals surface area contributed by atoms with Crippen molar-refractivity contribution in [2.24, 2.45) is 0 Å². The maximum atomic E-state index is 12.7. The van der Waals surface area contributed by atoms with Crippen molar-refractivity contribution >= 4 is 17.3 Å². The van der Waals surface area contributed by atoms with Crippen molar-refractivity contribution in [2.75, 3.05) is 24.7 Å². The van der Waals surface area contributed by atoms with Crippen LogP contribution in [0.15, 0.2) is 36.4 Å². The van der Waals surface area contributed by atoms with Crippen LogP contribution in [-0.4, -0.2) is 19.2 Å². The Morgan fingerprint density at radius 3 is 1.32 bits per heavy atom. The molecule has 0 fully saturated rings. The fourth-order valence-corrected chi connectivity index (χ4v) is 5.47. The van der Waals surface area contributed by atoms with Crippen LogP contribution in [0.3, 0.4) is 0 Å². The van der Waals surface area contributed by atoms with Gasteiger partial charge < -0.3 is 25.7 Å². The first-order valence-corrected chi connectivity index (χ1v) is 17.7. The molecule has 0 heterocycles. The van der Waals surface area contributed by atoms with Gasteiger partial charge in [-0.3, -0.25) is 0 Å². The van der Waals surface area contributed by atoms with Crippen LogP contribution < -0.4 is 20.9 Å². The van der Waals surface area contributed by atoms with Crippen LogP contribution in [0.5, 0.6) is 11.5 Å². The minimum Gasteiger partial charge on any atom is -0.493 e. The van der Waals surface area contributed by atoms with E-state index in [0.29, 0.717) is 30.2 Å². The Kier molecular flexibility index (Phi) is 20.7. The highest BCUT2D eigenvalue weighted by atomic mass is 16.5. The Labute approximate surface area is 268 Å². The van der Waals surface area contributed by atoms with Gasteiger partial charge >= 0.3 is 5.97 Å². The molecule has 2 rings (SSSR count). The Hall–Kier alpha value is -2.89. The summed E-state index contributed by atoms with van der Waals surface area (Å²) in [6.07, 6.45) is 25.8. The fraction of sp³-hybridized carbons (Fsp3) is 0.658. The van der Waals surface area contributed by atoms with E-state index in [9.17, 15) is 4.79 Å². The second kappa shape index (κ2) is 24.4. The fourth-order valence-electron chi connectivity index (χ4n) is 5.47. The molecule has 0 amide bonds. The zero-order valence-electron chi connectivity index (χ0n) is 28.0. The van der Waals surface area contributed by atoms with E-state index in [-0.39, 0.29) is 6.61 Å². The van der Waals surface area contributed by atoms with E-state index in [1.165, 1.54) is 116 Å². The number of hydrogen-bond acceptors (Lipinski definition) is 6. The lowest BCUT2D eigenvalue weighted by molar-refractivity contribution is 0.0472. The number of ether oxygens (including phenoxy) is 3. The number of unbranched alkanes of at least 4 members (excludes halogenated alkanes) is 18. The standard InChI is InChI=1S/C38H62N2O4/c1-3-5-7-9-11-13-15-17-19-21-23-42-36-25-32(31-44-38(41)33-27-34(39)29-35(40)28-33)26-37(30-36)43-24-22-20-18-16-14-12-10-8-6-4-2/h25-30H,3-24,31,39-40H2,1-2H3. The van der Waals surface area contributed by atoms with Crippen molar-refractivity contribution in [1.29, 1.82) is 0 Å². The van der Waals surface area contributed by atoms with E-state index >= 15 is 0 Å². The van der Waals surface area contributed by atoms with Gasteiger partial charge in [0, 0.05) is 17.4 Å². The summed E-state index contributed by atoms with van der Waals surface area (Å²) in [4.78, 5) is 12.7. The summed E-state index contributed by atoms with van der Waals surface area (Å²) in [5.74, 6) is 1.04. The van der Waals surface area contributed by atoms with E-state index in [1.807, 2.05) is 18.2 Å². The number of nitrogens with two attached hydrogens (primary N) is 2. The number of esters is 1. The summed E-state index contributed by atoms with van der Waals surface area (Å²) in [6, 6.07) is 10.6. The Bertz CT molecular complexity index is 961. The monoisotopic (exact) mass is 610 g/mol. The predicted molar refractivity (Wildman–Crippen MR) is 186 cm³/mol. The molecule has 0 radical (unpaired) electrons. The summed E-state index contributed by atoms with van der Waals surface area (Å²) in [5.41, 5.74) is 13.7.